The maximum atomic E-state index is 15.9. The number of aromatic nitrogens is 8. The van der Waals surface area contributed by atoms with Gasteiger partial charge in [0, 0.05) is 0 Å². The van der Waals surface area contributed by atoms with E-state index < -0.39 is 81.3 Å². The third-order valence-corrected chi connectivity index (χ3v) is 10.7. The summed E-state index contributed by atoms with van der Waals surface area (Å²) in [6.45, 7) is -5.49. The molecule has 2 aliphatic heterocycles. The first kappa shape index (κ1) is 31.2. The van der Waals surface area contributed by atoms with E-state index in [-0.39, 0.29) is 34.1 Å². The minimum Gasteiger partial charge on any atom is -0.387 e. The number of rotatable bonds is 9. The fraction of sp³-hybridized carbons (Fsp3) is 0.500. The Labute approximate surface area is 255 Å². The highest BCUT2D eigenvalue weighted by atomic mass is 32.7. The van der Waals surface area contributed by atoms with Crippen LogP contribution in [0.15, 0.2) is 23.8 Å². The molecule has 7 N–H and O–H groups in total. The summed E-state index contributed by atoms with van der Waals surface area (Å²) in [5, 5.41) is 10.6. The van der Waals surface area contributed by atoms with Gasteiger partial charge in [-0.1, -0.05) is 0 Å². The second-order valence-corrected chi connectivity index (χ2v) is 15.0. The van der Waals surface area contributed by atoms with Gasteiger partial charge in [0.2, 0.25) is 5.95 Å². The molecule has 0 aromatic carbocycles. The number of fused-ring (bicyclic) bond motifs is 2. The zero-order chi connectivity index (χ0) is 31.5. The van der Waals surface area contributed by atoms with Crippen LogP contribution in [0.5, 0.6) is 0 Å². The Kier molecular flexibility index (Phi) is 8.41. The van der Waals surface area contributed by atoms with E-state index in [9.17, 15) is 19.4 Å². The molecule has 4 aromatic heterocycles. The molecule has 44 heavy (non-hydrogen) atoms. The first-order valence-corrected chi connectivity index (χ1v) is 17.6. The molecule has 2 unspecified atom stereocenters. The average Bonchev–Trinajstić information content (AvgIpc) is 3.72. The Morgan fingerprint density at radius 3 is 2.48 bits per heavy atom. The van der Waals surface area contributed by atoms with Gasteiger partial charge in [0.05, 0.1) is 19.3 Å². The van der Waals surface area contributed by atoms with E-state index in [4.69, 9.17) is 41.8 Å². The monoisotopic (exact) mass is 695 g/mol. The number of aromatic amines is 1. The minimum atomic E-state index is -4.28. The van der Waals surface area contributed by atoms with Crippen molar-refractivity contribution in [3.05, 3.63) is 29.3 Å². The molecule has 0 spiro atoms. The predicted octanol–water partition coefficient (Wildman–Crippen LogP) is 0.247. The quantitative estimate of drug-likeness (QED) is 0.101. The number of aliphatic hydroxyl groups excluding tert-OH is 1. The number of nitrogens with zero attached hydrogens (tertiary/aromatic N) is 7. The second kappa shape index (κ2) is 11.9. The Balaban J connectivity index is 1.26. The molecule has 2 aliphatic rings. The number of nitrogens with one attached hydrogen (secondary N) is 1. The number of hydrogen-bond acceptors (Lipinski definition) is 15. The maximum absolute atomic E-state index is 15.9. The summed E-state index contributed by atoms with van der Waals surface area (Å²) in [6, 6.07) is 0. The van der Waals surface area contributed by atoms with Gasteiger partial charge in [0.25, 0.3) is 5.56 Å². The molecule has 6 rings (SSSR count). The number of alkyl halides is 2. The van der Waals surface area contributed by atoms with Crippen LogP contribution in [0, 0.1) is 0 Å². The van der Waals surface area contributed by atoms with Gasteiger partial charge in [0.15, 0.2) is 47.7 Å². The van der Waals surface area contributed by atoms with E-state index in [0.29, 0.717) is 0 Å². The van der Waals surface area contributed by atoms with Gasteiger partial charge < -0.3 is 35.5 Å². The highest BCUT2D eigenvalue weighted by Crippen LogP contribution is 2.59. The molecule has 18 nitrogen and oxygen atoms in total. The van der Waals surface area contributed by atoms with Crippen molar-refractivity contribution in [3.8, 4) is 0 Å². The van der Waals surface area contributed by atoms with Crippen molar-refractivity contribution in [2.75, 3.05) is 24.7 Å². The highest BCUT2D eigenvalue weighted by molar-refractivity contribution is 8.39. The third kappa shape index (κ3) is 5.48. The number of anilines is 2. The normalized spacial score (nSPS) is 30.7. The van der Waals surface area contributed by atoms with Crippen molar-refractivity contribution in [2.24, 2.45) is 0 Å². The molecule has 0 amide bonds. The summed E-state index contributed by atoms with van der Waals surface area (Å²) < 4.78 is 67.0. The number of H-pyrrole nitrogens is 1. The highest BCUT2D eigenvalue weighted by Gasteiger charge is 2.55. The van der Waals surface area contributed by atoms with Crippen molar-refractivity contribution < 1.29 is 41.9 Å². The van der Waals surface area contributed by atoms with Crippen molar-refractivity contribution in [1.29, 1.82) is 0 Å². The van der Waals surface area contributed by atoms with Crippen molar-refractivity contribution in [1.82, 2.24) is 39.0 Å². The van der Waals surface area contributed by atoms with Crippen LogP contribution in [0.25, 0.3) is 22.3 Å². The molecule has 0 bridgehead atoms. The van der Waals surface area contributed by atoms with Gasteiger partial charge in [-0.2, -0.15) is 4.98 Å². The van der Waals surface area contributed by atoms with Gasteiger partial charge in [0.1, 0.15) is 60.8 Å². The number of nitrogens with two attached hydrogens (primary N) is 2. The number of imidazole rings is 2. The Morgan fingerprint density at radius 2 is 1.75 bits per heavy atom. The number of hydrogen-bond donors (Lipinski definition) is 6. The molecule has 0 saturated carbocycles. The molecular weight excluding hydrogens is 672 g/mol. The van der Waals surface area contributed by atoms with Gasteiger partial charge in [-0.05, 0) is 16.4 Å². The largest absolute Gasteiger partial charge is 0.582 e. The summed E-state index contributed by atoms with van der Waals surface area (Å²) in [6.07, 6.45) is -8.03. The predicted molar refractivity (Wildman–Crippen MR) is 155 cm³/mol. The molecule has 6 heterocycles. The van der Waals surface area contributed by atoms with Crippen LogP contribution in [0.2, 0.25) is 0 Å². The second-order valence-electron chi connectivity index (χ2n) is 9.75. The van der Waals surface area contributed by atoms with E-state index in [1.807, 2.05) is 0 Å². The van der Waals surface area contributed by atoms with Crippen molar-refractivity contribution in [3.63, 3.8) is 0 Å². The van der Waals surface area contributed by atoms with Crippen LogP contribution in [-0.2, 0) is 34.9 Å². The van der Waals surface area contributed by atoms with Crippen LogP contribution in [-0.4, -0.2) is 98.6 Å². The number of halogens is 2. The van der Waals surface area contributed by atoms with E-state index in [2.05, 4.69) is 42.2 Å². The molecule has 2 saturated heterocycles. The molecule has 0 aliphatic carbocycles. The standard InChI is InChI=1S/C20H22F2N10O8P2S2/c21-8-6(1-37-41(35)43)39-19(32-5-28-11-16(32)29-20(24)30-17(11)34)13(8)42(36,44)38-2-7-12(33)9(22)18(40-7)31-4-27-10-14(23)25-3-26-15(10)31/h3-9,12-13,18-19,33H,1-2H2,(H6-,23,24,25,26,29,30,34,35,36,43,44)/p+1/t6-,7-,8-,9+,12-,13-,18-,19-,42?/m1/s1. The molecule has 10 atom stereocenters. The summed E-state index contributed by atoms with van der Waals surface area (Å²) in [5.41, 5.74) is 9.20. The lowest BCUT2D eigenvalue weighted by molar-refractivity contribution is -0.0422. The van der Waals surface area contributed by atoms with Gasteiger partial charge in [-0.3, -0.25) is 18.9 Å². The van der Waals surface area contributed by atoms with E-state index in [0.717, 1.165) is 17.2 Å². The van der Waals surface area contributed by atoms with Crippen LogP contribution in [0.3, 0.4) is 0 Å². The SMILES string of the molecule is Nc1nc2c(ncn2[C@@H]2O[C@H](CO[P+](=O)S)[C@@H](F)[C@H]2P(O)(=S)OC[C@H]2O[C@@H](n3cnc4c(N)ncnc43)[C@@H](F)[C@@H]2O)c(=O)[nH]1. The number of aliphatic hydroxyl groups is 1. The molecule has 236 valence electrons. The molecule has 4 aromatic rings. The smallest absolute Gasteiger partial charge is 0.387 e. The zero-order valence-corrected chi connectivity index (χ0v) is 25.4. The molecule has 2 fully saturated rings. The summed E-state index contributed by atoms with van der Waals surface area (Å²) >= 11 is 9.01. The lowest BCUT2D eigenvalue weighted by atomic mass is 10.1. The summed E-state index contributed by atoms with van der Waals surface area (Å²) in [7, 11) is -2.44. The van der Waals surface area contributed by atoms with E-state index >= 15 is 8.78 Å². The number of nitrogen functional groups attached to an aromatic ring is 2. The molecular formula is C20H23F2N10O8P2S2+. The molecule has 0 radical (unpaired) electrons. The summed E-state index contributed by atoms with van der Waals surface area (Å²) in [4.78, 5) is 45.9. The van der Waals surface area contributed by atoms with Gasteiger partial charge in [-0.15, -0.1) is 4.52 Å². The van der Waals surface area contributed by atoms with Crippen LogP contribution >= 0.6 is 26.0 Å². The molecule has 24 heteroatoms. The lowest BCUT2D eigenvalue weighted by Gasteiger charge is -2.29. The number of ether oxygens (including phenoxy) is 2. The maximum Gasteiger partial charge on any atom is 0.582 e. The zero-order valence-electron chi connectivity index (χ0n) is 21.9. The Bertz CT molecular complexity index is 1850. The first-order chi connectivity index (χ1) is 20.9. The lowest BCUT2D eigenvalue weighted by Crippen LogP contribution is -2.34. The van der Waals surface area contributed by atoms with Gasteiger partial charge >= 0.3 is 7.23 Å². The minimum absolute atomic E-state index is 0.0516. The topological polar surface area (TPSA) is 254 Å². The fourth-order valence-electron chi connectivity index (χ4n) is 5.07. The van der Waals surface area contributed by atoms with Crippen LogP contribution in [0.4, 0.5) is 20.5 Å². The fourth-order valence-corrected chi connectivity index (χ4v) is 8.01. The summed E-state index contributed by atoms with van der Waals surface area (Å²) in [5.74, 6) is -0.222. The Hall–Kier alpha value is -2.78. The average molecular weight is 696 g/mol. The number of thiol groups is 1. The van der Waals surface area contributed by atoms with Crippen molar-refractivity contribution in [2.45, 2.75) is 48.8 Å². The van der Waals surface area contributed by atoms with Crippen LogP contribution in [0.1, 0.15) is 12.5 Å². The van der Waals surface area contributed by atoms with E-state index in [1.165, 1.54) is 10.9 Å². The third-order valence-electron chi connectivity index (χ3n) is 7.12. The van der Waals surface area contributed by atoms with Crippen molar-refractivity contribution >= 4 is 71.9 Å². The van der Waals surface area contributed by atoms with Crippen LogP contribution < -0.4 is 17.0 Å². The Morgan fingerprint density at radius 1 is 1.07 bits per heavy atom. The van der Waals surface area contributed by atoms with E-state index in [1.54, 1.807) is 0 Å². The van der Waals surface area contributed by atoms with Gasteiger partial charge in [-0.25, -0.2) is 28.7 Å². The first-order valence-electron chi connectivity index (χ1n) is 12.6.